The molecule has 0 saturated carbocycles. The van der Waals surface area contributed by atoms with E-state index < -0.39 is 37.0 Å². The van der Waals surface area contributed by atoms with Gasteiger partial charge in [0.05, 0.1) is 17.0 Å². The summed E-state index contributed by atoms with van der Waals surface area (Å²) in [4.78, 5) is 58.8. The van der Waals surface area contributed by atoms with Crippen molar-refractivity contribution in [2.75, 3.05) is 38.9 Å². The van der Waals surface area contributed by atoms with E-state index >= 15 is 0 Å². The number of benzene rings is 1. The Balaban J connectivity index is 1.95. The summed E-state index contributed by atoms with van der Waals surface area (Å²) in [7, 11) is 1.44. The lowest BCUT2D eigenvalue weighted by Crippen LogP contribution is -2.24. The number of rotatable bonds is 12. The Morgan fingerprint density at radius 2 is 1.76 bits per heavy atom. The summed E-state index contributed by atoms with van der Waals surface area (Å²) < 4.78 is 20.0. The SMILES string of the molecule is COCCOC(=O)c1c(NC(=O)COC(=O)COc2ccc(C=O)cc2)sc(C(N)=O)c1C. The largest absolute Gasteiger partial charge is 0.482 e. The van der Waals surface area contributed by atoms with Crippen molar-refractivity contribution in [2.24, 2.45) is 5.73 Å². The van der Waals surface area contributed by atoms with E-state index in [1.165, 1.54) is 38.3 Å². The summed E-state index contributed by atoms with van der Waals surface area (Å²) in [6.07, 6.45) is 0.670. The van der Waals surface area contributed by atoms with E-state index in [1.807, 2.05) is 0 Å². The fourth-order valence-corrected chi connectivity index (χ4v) is 3.57. The topological polar surface area (TPSA) is 160 Å². The number of carbonyl (C=O) groups is 5. The van der Waals surface area contributed by atoms with Gasteiger partial charge in [0.1, 0.15) is 23.6 Å². The molecule has 2 aromatic rings. The molecule has 0 unspecified atom stereocenters. The predicted octanol–water partition coefficient (Wildman–Crippen LogP) is 1.33. The van der Waals surface area contributed by atoms with Gasteiger partial charge in [-0.15, -0.1) is 11.3 Å². The van der Waals surface area contributed by atoms with E-state index in [-0.39, 0.29) is 34.2 Å². The summed E-state index contributed by atoms with van der Waals surface area (Å²) in [5.74, 6) is -2.76. The monoisotopic (exact) mass is 478 g/mol. The molecule has 0 atom stereocenters. The number of carbonyl (C=O) groups excluding carboxylic acids is 5. The van der Waals surface area contributed by atoms with Gasteiger partial charge in [0, 0.05) is 12.7 Å². The Bertz CT molecular complexity index is 1030. The molecule has 1 heterocycles. The van der Waals surface area contributed by atoms with Gasteiger partial charge in [-0.25, -0.2) is 9.59 Å². The van der Waals surface area contributed by atoms with Crippen molar-refractivity contribution >= 4 is 46.4 Å². The molecule has 0 aliphatic rings. The number of nitrogens with two attached hydrogens (primary N) is 1. The van der Waals surface area contributed by atoms with E-state index in [1.54, 1.807) is 0 Å². The average Bonchev–Trinajstić information content (AvgIpc) is 3.12. The lowest BCUT2D eigenvalue weighted by Gasteiger charge is -2.09. The maximum Gasteiger partial charge on any atom is 0.344 e. The van der Waals surface area contributed by atoms with Crippen molar-refractivity contribution in [1.29, 1.82) is 0 Å². The van der Waals surface area contributed by atoms with Gasteiger partial charge in [0.2, 0.25) is 0 Å². The number of aldehydes is 1. The second kappa shape index (κ2) is 12.3. The standard InChI is InChI=1S/C21H22N2O9S/c1-12-17(21(28)30-8-7-29-2)20(33-18(12)19(22)27)23-15(25)10-32-16(26)11-31-14-5-3-13(9-24)4-6-14/h3-6,9H,7-8,10-11H2,1-2H3,(H2,22,27)(H,23,25). The van der Waals surface area contributed by atoms with E-state index in [9.17, 15) is 24.0 Å². The first-order valence-corrected chi connectivity index (χ1v) is 10.3. The molecule has 0 spiro atoms. The van der Waals surface area contributed by atoms with Gasteiger partial charge < -0.3 is 30.0 Å². The minimum Gasteiger partial charge on any atom is -0.482 e. The Labute approximate surface area is 192 Å². The number of ether oxygens (including phenoxy) is 4. The highest BCUT2D eigenvalue weighted by molar-refractivity contribution is 7.18. The molecule has 0 fully saturated rings. The van der Waals surface area contributed by atoms with Gasteiger partial charge in [-0.3, -0.25) is 14.4 Å². The highest BCUT2D eigenvalue weighted by Crippen LogP contribution is 2.33. The Morgan fingerprint density at radius 1 is 1.06 bits per heavy atom. The lowest BCUT2D eigenvalue weighted by atomic mass is 10.1. The number of thiophene rings is 1. The summed E-state index contributed by atoms with van der Waals surface area (Å²) in [6, 6.07) is 6.05. The molecule has 12 heteroatoms. The molecule has 1 aromatic heterocycles. The highest BCUT2D eigenvalue weighted by atomic mass is 32.1. The summed E-state index contributed by atoms with van der Waals surface area (Å²) in [5, 5.41) is 2.47. The summed E-state index contributed by atoms with van der Waals surface area (Å²) >= 11 is 0.806. The molecule has 11 nitrogen and oxygen atoms in total. The summed E-state index contributed by atoms with van der Waals surface area (Å²) in [6.45, 7) is 0.512. The quantitative estimate of drug-likeness (QED) is 0.260. The number of methoxy groups -OCH3 is 1. The number of anilines is 1. The molecule has 1 aromatic carbocycles. The number of esters is 2. The predicted molar refractivity (Wildman–Crippen MR) is 117 cm³/mol. The van der Waals surface area contributed by atoms with Crippen LogP contribution in [-0.2, 0) is 23.8 Å². The van der Waals surface area contributed by atoms with Crippen LogP contribution >= 0.6 is 11.3 Å². The van der Waals surface area contributed by atoms with E-state index in [2.05, 4.69) is 5.32 Å². The van der Waals surface area contributed by atoms with Crippen LogP contribution in [0.5, 0.6) is 5.75 Å². The smallest absolute Gasteiger partial charge is 0.344 e. The first kappa shape index (κ1) is 25.5. The van der Waals surface area contributed by atoms with Gasteiger partial charge in [0.25, 0.3) is 11.8 Å². The zero-order valence-corrected chi connectivity index (χ0v) is 18.7. The van der Waals surface area contributed by atoms with Crippen LogP contribution in [0.15, 0.2) is 24.3 Å². The molecule has 2 amide bonds. The molecule has 0 aliphatic heterocycles. The lowest BCUT2D eigenvalue weighted by molar-refractivity contribution is -0.149. The second-order valence-corrected chi connectivity index (χ2v) is 7.46. The van der Waals surface area contributed by atoms with Crippen LogP contribution in [0.2, 0.25) is 0 Å². The highest BCUT2D eigenvalue weighted by Gasteiger charge is 2.26. The van der Waals surface area contributed by atoms with Crippen molar-refractivity contribution in [3.05, 3.63) is 45.8 Å². The van der Waals surface area contributed by atoms with Crippen molar-refractivity contribution in [3.63, 3.8) is 0 Å². The fraction of sp³-hybridized carbons (Fsp3) is 0.286. The van der Waals surface area contributed by atoms with Crippen molar-refractivity contribution in [3.8, 4) is 5.75 Å². The fourth-order valence-electron chi connectivity index (χ4n) is 2.51. The van der Waals surface area contributed by atoms with Crippen LogP contribution < -0.4 is 15.8 Å². The van der Waals surface area contributed by atoms with Crippen LogP contribution in [0.1, 0.15) is 36.0 Å². The maximum absolute atomic E-state index is 12.4. The van der Waals surface area contributed by atoms with Crippen molar-refractivity contribution < 1.29 is 42.9 Å². The van der Waals surface area contributed by atoms with Gasteiger partial charge in [-0.2, -0.15) is 0 Å². The van der Waals surface area contributed by atoms with E-state index in [0.717, 1.165) is 11.3 Å². The summed E-state index contributed by atoms with van der Waals surface area (Å²) in [5.41, 5.74) is 6.02. The molecule has 0 saturated heterocycles. The second-order valence-electron chi connectivity index (χ2n) is 6.44. The van der Waals surface area contributed by atoms with Gasteiger partial charge in [0.15, 0.2) is 13.2 Å². The number of hydrogen-bond donors (Lipinski definition) is 2. The Hall–Kier alpha value is -3.77. The third kappa shape index (κ3) is 7.40. The molecule has 3 N–H and O–H groups in total. The molecule has 0 bridgehead atoms. The first-order chi connectivity index (χ1) is 15.8. The van der Waals surface area contributed by atoms with Crippen LogP contribution in [0.3, 0.4) is 0 Å². The Morgan fingerprint density at radius 3 is 2.36 bits per heavy atom. The minimum atomic E-state index is -0.816. The normalized spacial score (nSPS) is 10.2. The van der Waals surface area contributed by atoms with Crippen molar-refractivity contribution in [1.82, 2.24) is 0 Å². The number of nitrogens with one attached hydrogen (secondary N) is 1. The van der Waals surface area contributed by atoms with Crippen molar-refractivity contribution in [2.45, 2.75) is 6.92 Å². The van der Waals surface area contributed by atoms with Gasteiger partial charge in [-0.1, -0.05) is 0 Å². The third-order valence-corrected chi connectivity index (χ3v) is 5.31. The third-order valence-electron chi connectivity index (χ3n) is 4.09. The number of amides is 2. The van der Waals surface area contributed by atoms with E-state index in [4.69, 9.17) is 24.7 Å². The molecule has 33 heavy (non-hydrogen) atoms. The van der Waals surface area contributed by atoms with Crippen LogP contribution in [0.25, 0.3) is 0 Å². The zero-order valence-electron chi connectivity index (χ0n) is 17.9. The molecular formula is C21H22N2O9S. The Kier molecular flexibility index (Phi) is 9.51. The van der Waals surface area contributed by atoms with Gasteiger partial charge in [-0.05, 0) is 36.8 Å². The van der Waals surface area contributed by atoms with Crippen LogP contribution in [0.4, 0.5) is 5.00 Å². The van der Waals surface area contributed by atoms with Crippen LogP contribution in [-0.4, -0.2) is 63.6 Å². The number of hydrogen-bond acceptors (Lipinski definition) is 10. The molecule has 0 radical (unpaired) electrons. The zero-order chi connectivity index (χ0) is 24.4. The minimum absolute atomic E-state index is 0.0216. The number of primary amides is 1. The molecule has 0 aliphatic carbocycles. The maximum atomic E-state index is 12.4. The molecule has 176 valence electrons. The van der Waals surface area contributed by atoms with E-state index in [0.29, 0.717) is 17.6 Å². The molecule has 2 rings (SSSR count). The average molecular weight is 478 g/mol. The van der Waals surface area contributed by atoms with Crippen LogP contribution in [0, 0.1) is 6.92 Å². The molecular weight excluding hydrogens is 456 g/mol. The first-order valence-electron chi connectivity index (χ1n) is 9.49. The van der Waals surface area contributed by atoms with Gasteiger partial charge >= 0.3 is 11.9 Å².